The van der Waals surface area contributed by atoms with Crippen LogP contribution < -0.4 is 4.40 Å². The predicted molar refractivity (Wildman–Crippen MR) is 50.6 cm³/mol. The second-order valence-electron chi connectivity index (χ2n) is 4.03. The Kier molecular flexibility index (Phi) is 0.574. The fourth-order valence-corrected chi connectivity index (χ4v) is 1.99. The van der Waals surface area contributed by atoms with Gasteiger partial charge in [0.1, 0.15) is 20.1 Å². The van der Waals surface area contributed by atoms with Gasteiger partial charge in [0.05, 0.1) is 16.7 Å². The highest BCUT2D eigenvalue weighted by Crippen LogP contribution is 2.33. The zero-order valence-corrected chi connectivity index (χ0v) is 7.60. The van der Waals surface area contributed by atoms with Crippen LogP contribution in [-0.4, -0.2) is 4.57 Å². The van der Waals surface area contributed by atoms with E-state index in [0.717, 1.165) is 5.69 Å². The lowest BCUT2D eigenvalue weighted by Gasteiger charge is -2.31. The quantitative estimate of drug-likeness (QED) is 0.548. The van der Waals surface area contributed by atoms with Crippen molar-refractivity contribution in [2.45, 2.75) is 25.8 Å². The topological polar surface area (TPSA) is 9.03 Å². The summed E-state index contributed by atoms with van der Waals surface area (Å²) in [5.41, 5.74) is 0.960. The van der Waals surface area contributed by atoms with E-state index in [4.69, 9.17) is 6.85 Å². The minimum Gasteiger partial charge on any atom is -0.222 e. The Hall–Kier alpha value is -1.31. The van der Waals surface area contributed by atoms with E-state index in [1.54, 1.807) is 0 Å². The summed E-state index contributed by atoms with van der Waals surface area (Å²) in [6, 6.07) is -0.624. The van der Waals surface area contributed by atoms with Gasteiger partial charge in [-0.2, -0.15) is 0 Å². The predicted octanol–water partition coefficient (Wildman–Crippen LogP) is 1.52. The van der Waals surface area contributed by atoms with E-state index in [9.17, 15) is 0 Å². The lowest BCUT2D eigenvalue weighted by atomic mass is 9.90. The van der Waals surface area contributed by atoms with Crippen molar-refractivity contribution < 1.29 is 11.3 Å². The van der Waals surface area contributed by atoms with E-state index in [0.29, 0.717) is 12.1 Å². The van der Waals surface area contributed by atoms with Crippen molar-refractivity contribution in [2.75, 3.05) is 0 Å². The molecule has 1 aliphatic heterocycles. The highest BCUT2D eigenvalue weighted by molar-refractivity contribution is 5.38. The van der Waals surface area contributed by atoms with E-state index in [1.165, 1.54) is 4.40 Å². The Morgan fingerprint density at radius 2 is 2.38 bits per heavy atom. The van der Waals surface area contributed by atoms with Crippen molar-refractivity contribution in [3.05, 3.63) is 36.2 Å². The average molecular weight is 183 g/mol. The highest BCUT2D eigenvalue weighted by atomic mass is 15.2. The van der Waals surface area contributed by atoms with Crippen molar-refractivity contribution in [2.24, 2.45) is 0 Å². The molecule has 0 aromatic carbocycles. The zero-order chi connectivity index (χ0) is 13.4. The molecular weight excluding hydrogens is 160 g/mol. The van der Waals surface area contributed by atoms with E-state index in [2.05, 4.69) is 0 Å². The number of fused-ring (bicyclic) bond motifs is 3. The van der Waals surface area contributed by atoms with Crippen LogP contribution in [-0.2, 0) is 12.0 Å². The third-order valence-corrected chi connectivity index (χ3v) is 2.54. The Bertz CT molecular complexity index is 702. The van der Waals surface area contributed by atoms with E-state index >= 15 is 0 Å². The number of pyridine rings is 1. The molecule has 0 N–H and O–H groups in total. The summed E-state index contributed by atoms with van der Waals surface area (Å²) in [6.07, 6.45) is 0.692. The average Bonchev–Trinajstić information content (AvgIpc) is 2.54. The summed E-state index contributed by atoms with van der Waals surface area (Å²) in [5, 5.41) is 0. The standard InChI is InChI=1S/C11H13N2/c1-11(2)7-9-8-12-6-4-3-5-10(12)13(9)11/h3-6,8H,7H2,1-2H3/q+1/i3T,4T,5T,6T,8T. The van der Waals surface area contributed by atoms with Gasteiger partial charge < -0.3 is 0 Å². The Morgan fingerprint density at radius 1 is 1.54 bits per heavy atom. The molecule has 0 atom stereocenters. The largest absolute Gasteiger partial charge is 0.286 e. The lowest BCUT2D eigenvalue weighted by molar-refractivity contribution is -0.510. The van der Waals surface area contributed by atoms with Gasteiger partial charge in [0.25, 0.3) is 5.65 Å². The number of imidazole rings is 1. The molecule has 0 radical (unpaired) electrons. The van der Waals surface area contributed by atoms with Crippen LogP contribution in [0.15, 0.2) is 30.5 Å². The maximum atomic E-state index is 8.04. The molecule has 0 aliphatic carbocycles. The number of hydrogen-bond acceptors (Lipinski definition) is 0. The monoisotopic (exact) mass is 183 g/mol. The minimum atomic E-state index is -0.297. The highest BCUT2D eigenvalue weighted by Gasteiger charge is 2.42. The van der Waals surface area contributed by atoms with Crippen molar-refractivity contribution in [1.29, 1.82) is 0 Å². The minimum absolute atomic E-state index is 0.0801. The molecule has 0 saturated heterocycles. The van der Waals surface area contributed by atoms with Gasteiger partial charge in [-0.3, -0.25) is 0 Å². The van der Waals surface area contributed by atoms with Gasteiger partial charge in [0.15, 0.2) is 0 Å². The third kappa shape index (κ3) is 0.755. The molecule has 0 fully saturated rings. The molecule has 0 amide bonds. The SMILES string of the molecule is [3H]c1c([3H])c([3H])[n+]2c([3H])c3n(c2c1[3H])C(C)(C)C3. The first-order valence-electron chi connectivity index (χ1n) is 6.80. The second kappa shape index (κ2) is 1.95. The molecule has 3 rings (SSSR count). The van der Waals surface area contributed by atoms with Gasteiger partial charge in [-0.15, -0.1) is 0 Å². The van der Waals surface area contributed by atoms with E-state index in [1.807, 2.05) is 18.4 Å². The summed E-state index contributed by atoms with van der Waals surface area (Å²) >= 11 is 0. The van der Waals surface area contributed by atoms with Crippen LogP contribution in [0.3, 0.4) is 0 Å². The molecule has 2 heteroatoms. The van der Waals surface area contributed by atoms with Crippen LogP contribution in [0.1, 0.15) is 26.4 Å². The van der Waals surface area contributed by atoms with Gasteiger partial charge in [-0.05, 0) is 19.9 Å². The lowest BCUT2D eigenvalue weighted by Crippen LogP contribution is -2.40. The summed E-state index contributed by atoms with van der Waals surface area (Å²) in [7, 11) is 0. The van der Waals surface area contributed by atoms with Crippen LogP contribution >= 0.6 is 0 Å². The van der Waals surface area contributed by atoms with Crippen LogP contribution in [0.5, 0.6) is 0 Å². The van der Waals surface area contributed by atoms with Gasteiger partial charge in [-0.25, -0.2) is 8.97 Å². The fraction of sp³-hybridized carbons (Fsp3) is 0.364. The molecule has 0 unspecified atom stereocenters. The Morgan fingerprint density at radius 3 is 3.15 bits per heavy atom. The number of nitrogens with zero attached hydrogens (tertiary/aromatic N) is 2. The molecule has 0 bridgehead atoms. The first-order valence-corrected chi connectivity index (χ1v) is 4.30. The van der Waals surface area contributed by atoms with Gasteiger partial charge in [0, 0.05) is 6.04 Å². The maximum Gasteiger partial charge on any atom is 0.286 e. The van der Waals surface area contributed by atoms with Crippen LogP contribution in [0.25, 0.3) is 5.65 Å². The van der Waals surface area contributed by atoms with Gasteiger partial charge in [-0.1, -0.05) is 6.04 Å². The summed E-state index contributed by atoms with van der Waals surface area (Å²) in [4.78, 5) is 0. The third-order valence-electron chi connectivity index (χ3n) is 2.54. The molecule has 2 nitrogen and oxygen atoms in total. The number of aromatic nitrogens is 2. The second-order valence-corrected chi connectivity index (χ2v) is 4.03. The first kappa shape index (κ1) is 3.82. The molecule has 3 heterocycles. The van der Waals surface area contributed by atoms with Crippen LogP contribution in [0.4, 0.5) is 0 Å². The maximum absolute atomic E-state index is 8.04. The van der Waals surface area contributed by atoms with Crippen LogP contribution in [0, 0.1) is 0 Å². The normalized spacial score (nSPS) is 23.7. The van der Waals surface area contributed by atoms with Crippen molar-refractivity contribution in [3.8, 4) is 0 Å². The number of rotatable bonds is 0. The molecule has 2 aromatic heterocycles. The fourth-order valence-electron chi connectivity index (χ4n) is 1.99. The molecule has 1 aliphatic rings. The van der Waals surface area contributed by atoms with Crippen molar-refractivity contribution in [1.82, 2.24) is 4.57 Å². The Labute approximate surface area is 84.5 Å². The summed E-state index contributed by atoms with van der Waals surface area (Å²) < 4.78 is 42.4. The first-order chi connectivity index (χ1) is 8.27. The molecular formula is C11H13N2+. The van der Waals surface area contributed by atoms with Gasteiger partial charge in [0.2, 0.25) is 0 Å². The molecule has 2 aromatic rings. The Balaban J connectivity index is 2.58. The molecule has 0 spiro atoms. The molecule has 13 heavy (non-hydrogen) atoms. The van der Waals surface area contributed by atoms with Gasteiger partial charge >= 0.3 is 0 Å². The van der Waals surface area contributed by atoms with E-state index < -0.39 is 0 Å². The van der Waals surface area contributed by atoms with Crippen LogP contribution in [0.2, 0.25) is 0 Å². The summed E-state index contributed by atoms with van der Waals surface area (Å²) in [5.74, 6) is 0. The zero-order valence-electron chi connectivity index (χ0n) is 12.6. The number of hydrogen-bond donors (Lipinski definition) is 0. The van der Waals surface area contributed by atoms with Crippen molar-refractivity contribution in [3.63, 3.8) is 0 Å². The van der Waals surface area contributed by atoms with E-state index in [-0.39, 0.29) is 36.0 Å². The van der Waals surface area contributed by atoms with Crippen molar-refractivity contribution >= 4 is 5.65 Å². The molecule has 66 valence electrons. The molecule has 0 saturated carbocycles. The summed E-state index contributed by atoms with van der Waals surface area (Å²) in [6.45, 7) is 4.00. The smallest absolute Gasteiger partial charge is 0.222 e.